The van der Waals surface area contributed by atoms with Crippen LogP contribution in [0.4, 0.5) is 10.1 Å². The lowest BCUT2D eigenvalue weighted by Crippen LogP contribution is -2.32. The van der Waals surface area contributed by atoms with Gasteiger partial charge in [0.15, 0.2) is 0 Å². The Morgan fingerprint density at radius 2 is 2.06 bits per heavy atom. The molecule has 33 heavy (non-hydrogen) atoms. The largest absolute Gasteiger partial charge is 0.481 e. The number of likely N-dealkylation sites (N-methyl/N-ethyl adjacent to an activating group) is 1. The number of carboxylic acid groups (broad SMARTS) is 1. The van der Waals surface area contributed by atoms with Crippen LogP contribution in [0.25, 0.3) is 22.1 Å². The number of halogens is 1. The molecule has 1 unspecified atom stereocenters. The van der Waals surface area contributed by atoms with Gasteiger partial charge in [0.2, 0.25) is 0 Å². The van der Waals surface area contributed by atoms with Gasteiger partial charge in [-0.1, -0.05) is 12.1 Å². The molecule has 0 spiro atoms. The Kier molecular flexibility index (Phi) is 5.26. The van der Waals surface area contributed by atoms with E-state index in [4.69, 9.17) is 14.9 Å². The molecule has 0 aliphatic carbocycles. The highest BCUT2D eigenvalue weighted by Crippen LogP contribution is 2.42. The van der Waals surface area contributed by atoms with Gasteiger partial charge in [-0.25, -0.2) is 4.39 Å². The fraction of sp³-hybridized carbons (Fsp3) is 0.192. The summed E-state index contributed by atoms with van der Waals surface area (Å²) in [7, 11) is 1.95. The molecule has 2 heterocycles. The van der Waals surface area contributed by atoms with E-state index in [2.05, 4.69) is 4.90 Å². The summed E-state index contributed by atoms with van der Waals surface area (Å²) in [6.07, 6.45) is 1.13. The summed E-state index contributed by atoms with van der Waals surface area (Å²) < 4.78 is 26.4. The Morgan fingerprint density at radius 3 is 2.85 bits per heavy atom. The van der Waals surface area contributed by atoms with Crippen molar-refractivity contribution >= 4 is 22.6 Å². The fourth-order valence-electron chi connectivity index (χ4n) is 4.44. The molecule has 0 saturated heterocycles. The van der Waals surface area contributed by atoms with Gasteiger partial charge in [-0.2, -0.15) is 0 Å². The zero-order valence-electron chi connectivity index (χ0n) is 18.0. The standard InChI is InChI=1S/C26H23FN2O4/c1-29-14-23(33-26-16(12-24(30)31)3-2-4-22(26)29)19-9-17-5-6-32-25(17)21(11-19)18-7-15(13-28)8-20(27)10-18/h2-11,23H,12-14,28H2,1H3,(H,30,31). The number of ether oxygens (including phenoxy) is 1. The van der Waals surface area contributed by atoms with Crippen molar-refractivity contribution in [3.63, 3.8) is 0 Å². The number of para-hydroxylation sites is 1. The molecule has 0 saturated carbocycles. The maximum Gasteiger partial charge on any atom is 0.307 e. The molecular formula is C26H23FN2O4. The van der Waals surface area contributed by atoms with Gasteiger partial charge >= 0.3 is 5.97 Å². The molecular weight excluding hydrogens is 423 g/mol. The number of furan rings is 1. The van der Waals surface area contributed by atoms with Crippen molar-refractivity contribution in [2.75, 3.05) is 18.5 Å². The average molecular weight is 446 g/mol. The first kappa shape index (κ1) is 21.0. The summed E-state index contributed by atoms with van der Waals surface area (Å²) in [6.45, 7) is 0.801. The number of nitrogens with zero attached hydrogens (tertiary/aromatic N) is 1. The molecule has 1 aliphatic rings. The second kappa shape index (κ2) is 8.26. The van der Waals surface area contributed by atoms with Gasteiger partial charge in [-0.3, -0.25) is 4.79 Å². The summed E-state index contributed by atoms with van der Waals surface area (Å²) in [4.78, 5) is 13.4. The minimum Gasteiger partial charge on any atom is -0.481 e. The molecule has 5 rings (SSSR count). The minimum absolute atomic E-state index is 0.124. The van der Waals surface area contributed by atoms with Gasteiger partial charge < -0.3 is 24.9 Å². The third kappa shape index (κ3) is 3.91. The monoisotopic (exact) mass is 446 g/mol. The van der Waals surface area contributed by atoms with Crippen LogP contribution in [-0.4, -0.2) is 24.7 Å². The number of hydrogen-bond acceptors (Lipinski definition) is 5. The lowest BCUT2D eigenvalue weighted by molar-refractivity contribution is -0.136. The number of anilines is 1. The third-order valence-electron chi connectivity index (χ3n) is 5.98. The SMILES string of the molecule is CN1CC(c2cc(-c3cc(F)cc(CN)c3)c3occc3c2)Oc2c(CC(=O)O)cccc21. The zero-order valence-corrected chi connectivity index (χ0v) is 18.0. The van der Waals surface area contributed by atoms with Crippen molar-refractivity contribution < 1.29 is 23.4 Å². The predicted octanol–water partition coefficient (Wildman–Crippen LogP) is 4.89. The average Bonchev–Trinajstić information content (AvgIpc) is 3.27. The van der Waals surface area contributed by atoms with Crippen LogP contribution in [0.1, 0.15) is 22.8 Å². The lowest BCUT2D eigenvalue weighted by Gasteiger charge is -2.35. The smallest absolute Gasteiger partial charge is 0.307 e. The Labute approximate surface area is 190 Å². The number of fused-ring (bicyclic) bond motifs is 2. The number of benzene rings is 3. The highest BCUT2D eigenvalue weighted by molar-refractivity contribution is 5.93. The van der Waals surface area contributed by atoms with Gasteiger partial charge in [0.05, 0.1) is 24.9 Å². The highest BCUT2D eigenvalue weighted by atomic mass is 19.1. The minimum atomic E-state index is -0.916. The molecule has 168 valence electrons. The fourth-order valence-corrected chi connectivity index (χ4v) is 4.44. The van der Waals surface area contributed by atoms with Crippen molar-refractivity contribution in [2.45, 2.75) is 19.1 Å². The molecule has 3 aromatic carbocycles. The number of carboxylic acids is 1. The van der Waals surface area contributed by atoms with Crippen molar-refractivity contribution in [1.29, 1.82) is 0 Å². The van der Waals surface area contributed by atoms with Crippen LogP contribution in [0.5, 0.6) is 5.75 Å². The summed E-state index contributed by atoms with van der Waals surface area (Å²) >= 11 is 0. The maximum absolute atomic E-state index is 14.3. The van der Waals surface area contributed by atoms with Gasteiger partial charge in [0.25, 0.3) is 0 Å². The van der Waals surface area contributed by atoms with Crippen LogP contribution in [0.3, 0.4) is 0 Å². The first-order chi connectivity index (χ1) is 15.9. The Hall–Kier alpha value is -3.84. The Morgan fingerprint density at radius 1 is 1.21 bits per heavy atom. The van der Waals surface area contributed by atoms with E-state index in [1.807, 2.05) is 43.4 Å². The van der Waals surface area contributed by atoms with Crippen LogP contribution in [0.2, 0.25) is 0 Å². The topological polar surface area (TPSA) is 88.9 Å². The van der Waals surface area contributed by atoms with Gasteiger partial charge in [0.1, 0.15) is 23.3 Å². The van der Waals surface area contributed by atoms with Crippen molar-refractivity contribution in [3.8, 4) is 16.9 Å². The van der Waals surface area contributed by atoms with E-state index in [1.54, 1.807) is 12.3 Å². The molecule has 4 aromatic rings. The molecule has 1 aromatic heterocycles. The van der Waals surface area contributed by atoms with E-state index in [0.717, 1.165) is 22.2 Å². The molecule has 6 nitrogen and oxygen atoms in total. The number of rotatable bonds is 5. The maximum atomic E-state index is 14.3. The summed E-state index contributed by atoms with van der Waals surface area (Å²) in [5.41, 5.74) is 10.9. The number of hydrogen-bond donors (Lipinski definition) is 2. The van der Waals surface area contributed by atoms with E-state index in [1.165, 1.54) is 12.1 Å². The summed E-state index contributed by atoms with van der Waals surface area (Å²) in [5.74, 6) is -0.705. The zero-order chi connectivity index (χ0) is 23.1. The van der Waals surface area contributed by atoms with Gasteiger partial charge in [0, 0.05) is 30.1 Å². The second-order valence-corrected chi connectivity index (χ2v) is 8.28. The first-order valence-electron chi connectivity index (χ1n) is 10.7. The van der Waals surface area contributed by atoms with Gasteiger partial charge in [-0.05, 0) is 59.2 Å². The van der Waals surface area contributed by atoms with Crippen LogP contribution < -0.4 is 15.4 Å². The molecule has 3 N–H and O–H groups in total. The number of aliphatic carboxylic acids is 1. The van der Waals surface area contributed by atoms with Gasteiger partial charge in [-0.15, -0.1) is 0 Å². The van der Waals surface area contributed by atoms with Crippen LogP contribution >= 0.6 is 0 Å². The molecule has 0 bridgehead atoms. The van der Waals surface area contributed by atoms with Crippen molar-refractivity contribution in [2.24, 2.45) is 5.73 Å². The molecule has 0 fully saturated rings. The van der Waals surface area contributed by atoms with Crippen molar-refractivity contribution in [3.05, 3.63) is 83.4 Å². The van der Waals surface area contributed by atoms with Crippen LogP contribution in [-0.2, 0) is 17.8 Å². The first-order valence-corrected chi connectivity index (χ1v) is 10.7. The molecule has 1 aliphatic heterocycles. The summed E-state index contributed by atoms with van der Waals surface area (Å²) in [5, 5.41) is 10.2. The molecule has 7 heteroatoms. The quantitative estimate of drug-likeness (QED) is 0.454. The van der Waals surface area contributed by atoms with E-state index in [0.29, 0.717) is 34.6 Å². The normalized spacial score (nSPS) is 15.4. The van der Waals surface area contributed by atoms with Crippen molar-refractivity contribution in [1.82, 2.24) is 0 Å². The molecule has 0 radical (unpaired) electrons. The second-order valence-electron chi connectivity index (χ2n) is 8.28. The van der Waals surface area contributed by atoms with E-state index < -0.39 is 5.97 Å². The van der Waals surface area contributed by atoms with Crippen LogP contribution in [0.15, 0.2) is 65.3 Å². The lowest BCUT2D eigenvalue weighted by atomic mass is 9.95. The van der Waals surface area contributed by atoms with E-state index in [-0.39, 0.29) is 24.9 Å². The molecule has 1 atom stereocenters. The predicted molar refractivity (Wildman–Crippen MR) is 124 cm³/mol. The Balaban J connectivity index is 1.61. The summed E-state index contributed by atoms with van der Waals surface area (Å²) in [6, 6.07) is 16.1. The number of nitrogens with two attached hydrogens (primary N) is 1. The number of carbonyl (C=O) groups is 1. The van der Waals surface area contributed by atoms with E-state index in [9.17, 15) is 14.3 Å². The van der Waals surface area contributed by atoms with Crippen LogP contribution in [0, 0.1) is 5.82 Å². The third-order valence-corrected chi connectivity index (χ3v) is 5.98. The Bertz CT molecular complexity index is 1360. The highest BCUT2D eigenvalue weighted by Gasteiger charge is 2.28. The molecule has 0 amide bonds. The van der Waals surface area contributed by atoms with E-state index >= 15 is 0 Å².